The number of ether oxygens (including phenoxy) is 2. The Morgan fingerprint density at radius 1 is 1.18 bits per heavy atom. The van der Waals surface area contributed by atoms with Crippen LogP contribution in [0.1, 0.15) is 30.2 Å². The summed E-state index contributed by atoms with van der Waals surface area (Å²) in [6, 6.07) is 4.01. The van der Waals surface area contributed by atoms with E-state index in [-0.39, 0.29) is 5.38 Å². The van der Waals surface area contributed by atoms with Crippen molar-refractivity contribution in [1.82, 2.24) is 0 Å². The molecule has 0 radical (unpaired) electrons. The zero-order valence-corrected chi connectivity index (χ0v) is 11.8. The van der Waals surface area contributed by atoms with E-state index in [9.17, 15) is 0 Å². The molecule has 4 heteroatoms. The van der Waals surface area contributed by atoms with E-state index in [1.807, 2.05) is 12.1 Å². The van der Waals surface area contributed by atoms with E-state index in [1.54, 1.807) is 0 Å². The molecule has 1 aliphatic carbocycles. The van der Waals surface area contributed by atoms with Crippen molar-refractivity contribution in [3.05, 3.63) is 22.2 Å². The van der Waals surface area contributed by atoms with Crippen LogP contribution in [0.3, 0.4) is 0 Å². The highest BCUT2D eigenvalue weighted by molar-refractivity contribution is 9.10. The minimum Gasteiger partial charge on any atom is -0.490 e. The number of alkyl halides is 1. The van der Waals surface area contributed by atoms with Crippen LogP contribution in [0.5, 0.6) is 11.5 Å². The molecule has 1 saturated carbocycles. The lowest BCUT2D eigenvalue weighted by Gasteiger charge is -2.15. The Bertz CT molecular complexity index is 432. The molecule has 1 aromatic carbocycles. The first-order valence-corrected chi connectivity index (χ1v) is 7.22. The first-order valence-electron chi connectivity index (χ1n) is 5.99. The average molecular weight is 318 g/mol. The third-order valence-corrected chi connectivity index (χ3v) is 4.48. The van der Waals surface area contributed by atoms with Crippen molar-refractivity contribution in [3.8, 4) is 11.5 Å². The lowest BCUT2D eigenvalue weighted by atomic mass is 10.1. The van der Waals surface area contributed by atoms with E-state index in [2.05, 4.69) is 15.9 Å². The first kappa shape index (κ1) is 11.7. The van der Waals surface area contributed by atoms with Crippen molar-refractivity contribution in [2.24, 2.45) is 5.92 Å². The van der Waals surface area contributed by atoms with Crippen molar-refractivity contribution in [1.29, 1.82) is 0 Å². The minimum atomic E-state index is 0.0847. The molecule has 1 unspecified atom stereocenters. The van der Waals surface area contributed by atoms with E-state index >= 15 is 0 Å². The van der Waals surface area contributed by atoms with Gasteiger partial charge in [-0.2, -0.15) is 0 Å². The largest absolute Gasteiger partial charge is 0.490 e. The topological polar surface area (TPSA) is 18.5 Å². The molecule has 0 spiro atoms. The summed E-state index contributed by atoms with van der Waals surface area (Å²) in [5, 5.41) is 0.0847. The second kappa shape index (κ2) is 4.69. The molecule has 0 N–H and O–H groups in total. The van der Waals surface area contributed by atoms with Gasteiger partial charge >= 0.3 is 0 Å². The molecule has 0 aromatic heterocycles. The number of rotatable bonds is 2. The second-order valence-electron chi connectivity index (χ2n) is 4.61. The summed E-state index contributed by atoms with van der Waals surface area (Å²) in [4.78, 5) is 0. The Morgan fingerprint density at radius 2 is 1.82 bits per heavy atom. The van der Waals surface area contributed by atoms with Crippen molar-refractivity contribution >= 4 is 27.5 Å². The van der Waals surface area contributed by atoms with E-state index < -0.39 is 0 Å². The van der Waals surface area contributed by atoms with Gasteiger partial charge in [0.2, 0.25) is 0 Å². The number of halogens is 2. The summed E-state index contributed by atoms with van der Waals surface area (Å²) >= 11 is 10.0. The fourth-order valence-electron chi connectivity index (χ4n) is 2.05. The molecule has 1 atom stereocenters. The van der Waals surface area contributed by atoms with Crippen LogP contribution < -0.4 is 9.47 Å². The molecule has 17 heavy (non-hydrogen) atoms. The maximum Gasteiger partial charge on any atom is 0.162 e. The van der Waals surface area contributed by atoms with E-state index in [0.717, 1.165) is 28.0 Å². The fraction of sp³-hybridized carbons (Fsp3) is 0.538. The highest BCUT2D eigenvalue weighted by atomic mass is 79.9. The maximum atomic E-state index is 6.47. The lowest BCUT2D eigenvalue weighted by Crippen LogP contribution is -1.98. The highest BCUT2D eigenvalue weighted by Crippen LogP contribution is 2.49. The Hall–Kier alpha value is -0.410. The van der Waals surface area contributed by atoms with Gasteiger partial charge in [-0.3, -0.25) is 0 Å². The van der Waals surface area contributed by atoms with Gasteiger partial charge in [-0.05, 0) is 36.5 Å². The van der Waals surface area contributed by atoms with Crippen LogP contribution in [0.2, 0.25) is 0 Å². The van der Waals surface area contributed by atoms with Crippen LogP contribution >= 0.6 is 27.5 Å². The van der Waals surface area contributed by atoms with Crippen molar-refractivity contribution in [2.75, 3.05) is 13.2 Å². The van der Waals surface area contributed by atoms with Gasteiger partial charge < -0.3 is 9.47 Å². The normalized spacial score (nSPS) is 20.8. The Morgan fingerprint density at radius 3 is 2.47 bits per heavy atom. The molecule has 2 nitrogen and oxygen atoms in total. The zero-order chi connectivity index (χ0) is 11.8. The van der Waals surface area contributed by atoms with Crippen molar-refractivity contribution in [3.63, 3.8) is 0 Å². The molecule has 0 saturated heterocycles. The second-order valence-corrected chi connectivity index (χ2v) is 5.93. The monoisotopic (exact) mass is 316 g/mol. The first-order chi connectivity index (χ1) is 8.25. The SMILES string of the molecule is ClC(c1cc2c(cc1Br)OCCCO2)C1CC1. The average Bonchev–Trinajstić information content (AvgIpc) is 3.14. The minimum absolute atomic E-state index is 0.0847. The molecule has 1 aromatic rings. The molecule has 0 bridgehead atoms. The van der Waals surface area contributed by atoms with Crippen LogP contribution in [0.15, 0.2) is 16.6 Å². The molecule has 1 heterocycles. The summed E-state index contributed by atoms with van der Waals surface area (Å²) in [7, 11) is 0. The third kappa shape index (κ3) is 2.41. The number of hydrogen-bond acceptors (Lipinski definition) is 2. The van der Waals surface area contributed by atoms with E-state index in [4.69, 9.17) is 21.1 Å². The summed E-state index contributed by atoms with van der Waals surface area (Å²) in [6.07, 6.45) is 3.39. The van der Waals surface area contributed by atoms with Crippen LogP contribution in [-0.2, 0) is 0 Å². The molecule has 1 aliphatic heterocycles. The van der Waals surface area contributed by atoms with Gasteiger partial charge in [0.05, 0.1) is 18.6 Å². The smallest absolute Gasteiger partial charge is 0.162 e. The molecular formula is C13H14BrClO2. The van der Waals surface area contributed by atoms with Crippen molar-refractivity contribution < 1.29 is 9.47 Å². The molecule has 0 amide bonds. The maximum absolute atomic E-state index is 6.47. The predicted molar refractivity (Wildman–Crippen MR) is 71.1 cm³/mol. The van der Waals surface area contributed by atoms with E-state index in [1.165, 1.54) is 12.8 Å². The van der Waals surface area contributed by atoms with Crippen LogP contribution in [0, 0.1) is 5.92 Å². The zero-order valence-electron chi connectivity index (χ0n) is 9.42. The van der Waals surface area contributed by atoms with Crippen molar-refractivity contribution in [2.45, 2.75) is 24.6 Å². The van der Waals surface area contributed by atoms with E-state index in [0.29, 0.717) is 19.1 Å². The van der Waals surface area contributed by atoms with Gasteiger partial charge in [-0.1, -0.05) is 15.9 Å². The molecule has 92 valence electrons. The molecule has 3 rings (SSSR count). The summed E-state index contributed by atoms with van der Waals surface area (Å²) in [5.41, 5.74) is 1.12. The molecule has 1 fully saturated rings. The van der Waals surface area contributed by atoms with Gasteiger partial charge in [0, 0.05) is 10.9 Å². The lowest BCUT2D eigenvalue weighted by molar-refractivity contribution is 0.297. The third-order valence-electron chi connectivity index (χ3n) is 3.20. The van der Waals surface area contributed by atoms with Gasteiger partial charge in [0.15, 0.2) is 11.5 Å². The number of benzene rings is 1. The highest BCUT2D eigenvalue weighted by Gasteiger charge is 2.32. The summed E-state index contributed by atoms with van der Waals surface area (Å²) in [5.74, 6) is 2.27. The van der Waals surface area contributed by atoms with Crippen LogP contribution in [0.4, 0.5) is 0 Å². The van der Waals surface area contributed by atoms with Gasteiger partial charge in [0.25, 0.3) is 0 Å². The quantitative estimate of drug-likeness (QED) is 0.757. The van der Waals surface area contributed by atoms with Crippen LogP contribution in [0.25, 0.3) is 0 Å². The summed E-state index contributed by atoms with van der Waals surface area (Å²) < 4.78 is 12.4. The fourth-order valence-corrected chi connectivity index (χ4v) is 3.19. The molecular weight excluding hydrogens is 303 g/mol. The van der Waals surface area contributed by atoms with Gasteiger partial charge in [-0.15, -0.1) is 11.6 Å². The van der Waals surface area contributed by atoms with Crippen LogP contribution in [-0.4, -0.2) is 13.2 Å². The van der Waals surface area contributed by atoms with Gasteiger partial charge in [-0.25, -0.2) is 0 Å². The number of fused-ring (bicyclic) bond motifs is 1. The number of hydrogen-bond donors (Lipinski definition) is 0. The Balaban J connectivity index is 1.96. The standard InChI is InChI=1S/C13H14BrClO2/c14-10-7-12-11(16-4-1-5-17-12)6-9(10)13(15)8-2-3-8/h6-8,13H,1-5H2. The molecule has 2 aliphatic rings. The van der Waals surface area contributed by atoms with Gasteiger partial charge in [0.1, 0.15) is 0 Å². The Labute approximate surface area is 114 Å². The Kier molecular flexibility index (Phi) is 3.22. The predicted octanol–water partition coefficient (Wildman–Crippen LogP) is 4.30. The summed E-state index contributed by atoms with van der Waals surface area (Å²) in [6.45, 7) is 1.43.